The summed E-state index contributed by atoms with van der Waals surface area (Å²) in [5.74, 6) is 1.51. The van der Waals surface area contributed by atoms with Crippen LogP contribution in [0.1, 0.15) is 0 Å². The molecule has 76 valence electrons. The fourth-order valence-electron chi connectivity index (χ4n) is 1.17. The van der Waals surface area contributed by atoms with Gasteiger partial charge in [0.25, 0.3) is 0 Å². The van der Waals surface area contributed by atoms with E-state index in [1.165, 1.54) is 0 Å². The second kappa shape index (κ2) is 4.69. The van der Waals surface area contributed by atoms with Gasteiger partial charge in [-0.15, -0.1) is 0 Å². The van der Waals surface area contributed by atoms with Gasteiger partial charge in [0.15, 0.2) is 0 Å². The average molecular weight is 284 g/mol. The lowest BCUT2D eigenvalue weighted by Crippen LogP contribution is -1.84. The van der Waals surface area contributed by atoms with Crippen molar-refractivity contribution in [2.24, 2.45) is 0 Å². The summed E-state index contributed by atoms with van der Waals surface area (Å²) < 4.78 is 6.54. The van der Waals surface area contributed by atoms with E-state index in [1.807, 2.05) is 42.5 Å². The molecule has 1 nitrogen and oxygen atoms in total. The molecule has 3 heteroatoms. The van der Waals surface area contributed by atoms with Crippen molar-refractivity contribution in [1.82, 2.24) is 0 Å². The van der Waals surface area contributed by atoms with Gasteiger partial charge in [-0.3, -0.25) is 0 Å². The quantitative estimate of drug-likeness (QED) is 0.762. The molecule has 0 saturated carbocycles. The van der Waals surface area contributed by atoms with E-state index in [1.54, 1.807) is 6.07 Å². The van der Waals surface area contributed by atoms with Crippen molar-refractivity contribution >= 4 is 27.5 Å². The molecule has 0 heterocycles. The molecule has 0 aromatic heterocycles. The van der Waals surface area contributed by atoms with Crippen molar-refractivity contribution in [3.63, 3.8) is 0 Å². The van der Waals surface area contributed by atoms with Crippen LogP contribution in [0.3, 0.4) is 0 Å². The van der Waals surface area contributed by atoms with Gasteiger partial charge in [-0.1, -0.05) is 29.8 Å². The van der Waals surface area contributed by atoms with E-state index in [2.05, 4.69) is 15.9 Å². The molecule has 0 aliphatic rings. The summed E-state index contributed by atoms with van der Waals surface area (Å²) >= 11 is 9.29. The van der Waals surface area contributed by atoms with Crippen LogP contribution in [-0.4, -0.2) is 0 Å². The standard InChI is InChI=1S/C12H8BrClO/c13-11-7-6-9(14)8-12(11)15-10-4-2-1-3-5-10/h1-8H. The van der Waals surface area contributed by atoms with Crippen molar-refractivity contribution in [1.29, 1.82) is 0 Å². The van der Waals surface area contributed by atoms with Gasteiger partial charge in [0, 0.05) is 11.1 Å². The van der Waals surface area contributed by atoms with Gasteiger partial charge in [0.2, 0.25) is 0 Å². The van der Waals surface area contributed by atoms with Crippen LogP contribution < -0.4 is 4.74 Å². The Bertz CT molecular complexity index is 456. The first-order chi connectivity index (χ1) is 7.25. The van der Waals surface area contributed by atoms with E-state index in [-0.39, 0.29) is 0 Å². The van der Waals surface area contributed by atoms with Crippen molar-refractivity contribution < 1.29 is 4.74 Å². The topological polar surface area (TPSA) is 9.23 Å². The predicted molar refractivity (Wildman–Crippen MR) is 65.7 cm³/mol. The summed E-state index contributed by atoms with van der Waals surface area (Å²) in [4.78, 5) is 0. The van der Waals surface area contributed by atoms with Crippen LogP contribution in [0.2, 0.25) is 5.02 Å². The van der Waals surface area contributed by atoms with E-state index < -0.39 is 0 Å². The second-order valence-electron chi connectivity index (χ2n) is 2.99. The number of benzene rings is 2. The van der Waals surface area contributed by atoms with Crippen molar-refractivity contribution in [3.05, 3.63) is 58.0 Å². The SMILES string of the molecule is Clc1ccc(Br)c(Oc2ccccc2)c1. The zero-order valence-electron chi connectivity index (χ0n) is 7.78. The van der Waals surface area contributed by atoms with Crippen LogP contribution in [0.25, 0.3) is 0 Å². The molecule has 0 atom stereocenters. The molecule has 0 spiro atoms. The van der Waals surface area contributed by atoms with Crippen LogP contribution in [0.5, 0.6) is 11.5 Å². The summed E-state index contributed by atoms with van der Waals surface area (Å²) in [7, 11) is 0. The lowest BCUT2D eigenvalue weighted by Gasteiger charge is -2.07. The maximum Gasteiger partial charge on any atom is 0.143 e. The predicted octanol–water partition coefficient (Wildman–Crippen LogP) is 4.89. The average Bonchev–Trinajstić information content (AvgIpc) is 2.25. The zero-order valence-corrected chi connectivity index (χ0v) is 10.1. The fraction of sp³-hybridized carbons (Fsp3) is 0. The summed E-state index contributed by atoms with van der Waals surface area (Å²) in [6.45, 7) is 0. The molecule has 2 aromatic carbocycles. The smallest absolute Gasteiger partial charge is 0.143 e. The Hall–Kier alpha value is -0.990. The van der Waals surface area contributed by atoms with E-state index in [0.29, 0.717) is 10.8 Å². The first-order valence-electron chi connectivity index (χ1n) is 4.43. The minimum Gasteiger partial charge on any atom is -0.456 e. The molecule has 0 amide bonds. The molecule has 0 aliphatic heterocycles. The van der Waals surface area contributed by atoms with Gasteiger partial charge in [0.1, 0.15) is 11.5 Å². The molecule has 2 aromatic rings. The number of hydrogen-bond acceptors (Lipinski definition) is 1. The molecule has 0 fully saturated rings. The van der Waals surface area contributed by atoms with Gasteiger partial charge >= 0.3 is 0 Å². The van der Waals surface area contributed by atoms with Gasteiger partial charge in [-0.2, -0.15) is 0 Å². The lowest BCUT2D eigenvalue weighted by atomic mass is 10.3. The minimum absolute atomic E-state index is 0.657. The van der Waals surface area contributed by atoms with Crippen LogP contribution in [0.15, 0.2) is 53.0 Å². The highest BCUT2D eigenvalue weighted by Gasteiger charge is 2.02. The van der Waals surface area contributed by atoms with Gasteiger partial charge in [0.05, 0.1) is 4.47 Å². The Morgan fingerprint density at radius 2 is 1.73 bits per heavy atom. The molecule has 0 bridgehead atoms. The van der Waals surface area contributed by atoms with Crippen LogP contribution >= 0.6 is 27.5 Å². The number of ether oxygens (including phenoxy) is 1. The third kappa shape index (κ3) is 2.74. The Morgan fingerprint density at radius 1 is 1.00 bits per heavy atom. The van der Waals surface area contributed by atoms with Gasteiger partial charge in [-0.25, -0.2) is 0 Å². The van der Waals surface area contributed by atoms with Gasteiger partial charge < -0.3 is 4.74 Å². The number of hydrogen-bond donors (Lipinski definition) is 0. The van der Waals surface area contributed by atoms with Crippen molar-refractivity contribution in [3.8, 4) is 11.5 Å². The Labute approximate surface area is 102 Å². The Morgan fingerprint density at radius 3 is 2.47 bits per heavy atom. The maximum absolute atomic E-state index is 5.88. The Kier molecular flexibility index (Phi) is 3.29. The van der Waals surface area contributed by atoms with Crippen molar-refractivity contribution in [2.75, 3.05) is 0 Å². The monoisotopic (exact) mass is 282 g/mol. The molecular formula is C12H8BrClO. The minimum atomic E-state index is 0.657. The fourth-order valence-corrected chi connectivity index (χ4v) is 1.66. The third-order valence-electron chi connectivity index (χ3n) is 1.86. The second-order valence-corrected chi connectivity index (χ2v) is 4.28. The van der Waals surface area contributed by atoms with Crippen molar-refractivity contribution in [2.45, 2.75) is 0 Å². The first kappa shape index (κ1) is 10.5. The highest BCUT2D eigenvalue weighted by molar-refractivity contribution is 9.10. The Balaban J connectivity index is 2.28. The van der Waals surface area contributed by atoms with Gasteiger partial charge in [-0.05, 0) is 40.2 Å². The molecule has 15 heavy (non-hydrogen) atoms. The molecule has 0 saturated heterocycles. The van der Waals surface area contributed by atoms with E-state index in [4.69, 9.17) is 16.3 Å². The molecule has 0 N–H and O–H groups in total. The van der Waals surface area contributed by atoms with Crippen LogP contribution in [0.4, 0.5) is 0 Å². The molecule has 0 radical (unpaired) electrons. The maximum atomic E-state index is 5.88. The number of rotatable bonds is 2. The lowest BCUT2D eigenvalue weighted by molar-refractivity contribution is 0.479. The molecule has 2 rings (SSSR count). The molecular weight excluding hydrogens is 275 g/mol. The van der Waals surface area contributed by atoms with E-state index >= 15 is 0 Å². The largest absolute Gasteiger partial charge is 0.456 e. The zero-order chi connectivity index (χ0) is 10.7. The first-order valence-corrected chi connectivity index (χ1v) is 5.61. The number of para-hydroxylation sites is 1. The molecule has 0 aliphatic carbocycles. The van der Waals surface area contributed by atoms with E-state index in [0.717, 1.165) is 10.2 Å². The number of halogens is 2. The highest BCUT2D eigenvalue weighted by Crippen LogP contribution is 2.31. The highest BCUT2D eigenvalue weighted by atomic mass is 79.9. The van der Waals surface area contributed by atoms with E-state index in [9.17, 15) is 0 Å². The molecule has 0 unspecified atom stereocenters. The summed E-state index contributed by atoms with van der Waals surface area (Å²) in [5.41, 5.74) is 0. The summed E-state index contributed by atoms with van der Waals surface area (Å²) in [6.07, 6.45) is 0. The third-order valence-corrected chi connectivity index (χ3v) is 2.75. The summed E-state index contributed by atoms with van der Waals surface area (Å²) in [6, 6.07) is 15.0. The summed E-state index contributed by atoms with van der Waals surface area (Å²) in [5, 5.41) is 0.657. The normalized spacial score (nSPS) is 10.0. The van der Waals surface area contributed by atoms with Crippen LogP contribution in [-0.2, 0) is 0 Å². The van der Waals surface area contributed by atoms with Crippen LogP contribution in [0, 0.1) is 0 Å².